The molecule has 20 heavy (non-hydrogen) atoms. The molecule has 0 aliphatic rings. The van der Waals surface area contributed by atoms with Gasteiger partial charge < -0.3 is 5.32 Å². The van der Waals surface area contributed by atoms with Crippen molar-refractivity contribution in [2.45, 2.75) is 32.6 Å². The third-order valence-electron chi connectivity index (χ3n) is 3.24. The summed E-state index contributed by atoms with van der Waals surface area (Å²) in [6, 6.07) is 10.2. The molecule has 0 saturated carbocycles. The average molecular weight is 298 g/mol. The van der Waals surface area contributed by atoms with Crippen LogP contribution in [0.15, 0.2) is 30.3 Å². The van der Waals surface area contributed by atoms with Gasteiger partial charge in [-0.3, -0.25) is 0 Å². The van der Waals surface area contributed by atoms with Gasteiger partial charge in [0.05, 0.1) is 5.75 Å². The predicted octanol–water partition coefficient (Wildman–Crippen LogP) is 2.10. The van der Waals surface area contributed by atoms with E-state index < -0.39 is 10.0 Å². The van der Waals surface area contributed by atoms with E-state index in [1.807, 2.05) is 18.2 Å². The van der Waals surface area contributed by atoms with Crippen molar-refractivity contribution in [2.75, 3.05) is 25.4 Å². The maximum atomic E-state index is 11.8. The largest absolute Gasteiger partial charge is 0.316 e. The monoisotopic (exact) mass is 298 g/mol. The molecule has 2 N–H and O–H groups in total. The normalized spacial score (nSPS) is 13.3. The zero-order chi connectivity index (χ0) is 14.8. The molecule has 1 aromatic carbocycles. The molecule has 0 amide bonds. The van der Waals surface area contributed by atoms with Crippen molar-refractivity contribution < 1.29 is 8.42 Å². The average Bonchev–Trinajstić information content (AvgIpc) is 2.44. The van der Waals surface area contributed by atoms with Gasteiger partial charge >= 0.3 is 0 Å². The zero-order valence-electron chi connectivity index (χ0n) is 12.4. The van der Waals surface area contributed by atoms with E-state index in [0.717, 1.165) is 19.4 Å². The number of rotatable bonds is 10. The molecule has 1 unspecified atom stereocenters. The van der Waals surface area contributed by atoms with Crippen molar-refractivity contribution in [2.24, 2.45) is 0 Å². The Morgan fingerprint density at radius 1 is 1.10 bits per heavy atom. The van der Waals surface area contributed by atoms with Gasteiger partial charge in [0.2, 0.25) is 10.0 Å². The van der Waals surface area contributed by atoms with Gasteiger partial charge in [-0.05, 0) is 30.9 Å². The second kappa shape index (κ2) is 9.10. The Balaban J connectivity index is 2.25. The second-order valence-electron chi connectivity index (χ2n) is 5.06. The van der Waals surface area contributed by atoms with Gasteiger partial charge in [-0.2, -0.15) is 0 Å². The summed E-state index contributed by atoms with van der Waals surface area (Å²) in [4.78, 5) is 0. The lowest BCUT2D eigenvalue weighted by Gasteiger charge is -2.12. The number of sulfonamides is 1. The lowest BCUT2D eigenvalue weighted by atomic mass is 9.98. The Labute approximate surface area is 123 Å². The van der Waals surface area contributed by atoms with Gasteiger partial charge in [0.25, 0.3) is 0 Å². The van der Waals surface area contributed by atoms with Gasteiger partial charge in [0.1, 0.15) is 0 Å². The van der Waals surface area contributed by atoms with E-state index in [9.17, 15) is 8.42 Å². The van der Waals surface area contributed by atoms with Crippen molar-refractivity contribution in [1.82, 2.24) is 10.0 Å². The fourth-order valence-electron chi connectivity index (χ4n) is 1.96. The summed E-state index contributed by atoms with van der Waals surface area (Å²) < 4.78 is 26.2. The molecular formula is C15H26N2O2S. The van der Waals surface area contributed by atoms with Crippen LogP contribution in [0.3, 0.4) is 0 Å². The smallest absolute Gasteiger partial charge is 0.212 e. The minimum atomic E-state index is -3.15. The van der Waals surface area contributed by atoms with Gasteiger partial charge in [-0.1, -0.05) is 44.2 Å². The second-order valence-corrected chi connectivity index (χ2v) is 6.99. The Kier molecular flexibility index (Phi) is 7.80. The van der Waals surface area contributed by atoms with Crippen molar-refractivity contribution in [1.29, 1.82) is 0 Å². The molecule has 0 aliphatic carbocycles. The van der Waals surface area contributed by atoms with Crippen molar-refractivity contribution in [3.63, 3.8) is 0 Å². The summed E-state index contributed by atoms with van der Waals surface area (Å²) in [6.45, 7) is 6.04. The number of benzene rings is 1. The van der Waals surface area contributed by atoms with Crippen LogP contribution in [0.1, 0.15) is 38.2 Å². The Morgan fingerprint density at radius 3 is 2.45 bits per heavy atom. The van der Waals surface area contributed by atoms with Crippen LogP contribution in [0.4, 0.5) is 0 Å². The van der Waals surface area contributed by atoms with E-state index in [2.05, 4.69) is 36.0 Å². The highest BCUT2D eigenvalue weighted by molar-refractivity contribution is 7.89. The summed E-state index contributed by atoms with van der Waals surface area (Å²) in [5.41, 5.74) is 1.25. The highest BCUT2D eigenvalue weighted by Crippen LogP contribution is 2.17. The van der Waals surface area contributed by atoms with Gasteiger partial charge in [-0.15, -0.1) is 0 Å². The number of hydrogen-bond acceptors (Lipinski definition) is 3. The molecule has 1 aromatic rings. The highest BCUT2D eigenvalue weighted by atomic mass is 32.2. The van der Waals surface area contributed by atoms with Gasteiger partial charge in [0, 0.05) is 13.1 Å². The van der Waals surface area contributed by atoms with E-state index in [-0.39, 0.29) is 5.75 Å². The van der Waals surface area contributed by atoms with Gasteiger partial charge in [-0.25, -0.2) is 13.1 Å². The van der Waals surface area contributed by atoms with E-state index >= 15 is 0 Å². The molecule has 0 fully saturated rings. The molecule has 0 bridgehead atoms. The van der Waals surface area contributed by atoms with Gasteiger partial charge in [0.15, 0.2) is 0 Å². The van der Waals surface area contributed by atoms with Crippen LogP contribution < -0.4 is 10.0 Å². The molecule has 0 aliphatic heterocycles. The SMILES string of the molecule is CCCNCCS(=O)(=O)NCCC(C)c1ccccc1. The molecule has 1 rings (SSSR count). The van der Waals surface area contributed by atoms with Crippen LogP contribution >= 0.6 is 0 Å². The first-order valence-corrected chi connectivity index (χ1v) is 8.93. The Morgan fingerprint density at radius 2 is 1.80 bits per heavy atom. The third kappa shape index (κ3) is 7.03. The van der Waals surface area contributed by atoms with Crippen LogP contribution in [0, 0.1) is 0 Å². The van der Waals surface area contributed by atoms with Crippen LogP contribution in [-0.4, -0.2) is 33.8 Å². The van der Waals surface area contributed by atoms with Crippen molar-refractivity contribution in [3.05, 3.63) is 35.9 Å². The van der Waals surface area contributed by atoms with Crippen molar-refractivity contribution in [3.8, 4) is 0 Å². The molecule has 0 saturated heterocycles. The van der Waals surface area contributed by atoms with E-state index in [0.29, 0.717) is 19.0 Å². The van der Waals surface area contributed by atoms with Crippen LogP contribution in [0.5, 0.6) is 0 Å². The predicted molar refractivity (Wildman–Crippen MR) is 84.4 cm³/mol. The summed E-state index contributed by atoms with van der Waals surface area (Å²) in [5, 5.41) is 3.10. The lowest BCUT2D eigenvalue weighted by molar-refractivity contribution is 0.568. The Bertz CT molecular complexity index is 460. The molecular weight excluding hydrogens is 272 g/mol. The molecule has 114 valence electrons. The zero-order valence-corrected chi connectivity index (χ0v) is 13.2. The molecule has 4 nitrogen and oxygen atoms in total. The van der Waals surface area contributed by atoms with E-state index in [4.69, 9.17) is 0 Å². The molecule has 5 heteroatoms. The topological polar surface area (TPSA) is 58.2 Å². The maximum absolute atomic E-state index is 11.8. The van der Waals surface area contributed by atoms with Crippen LogP contribution in [0.25, 0.3) is 0 Å². The summed E-state index contributed by atoms with van der Waals surface area (Å²) in [5.74, 6) is 0.504. The van der Waals surface area contributed by atoms with Crippen LogP contribution in [-0.2, 0) is 10.0 Å². The van der Waals surface area contributed by atoms with Crippen molar-refractivity contribution >= 4 is 10.0 Å². The molecule has 0 radical (unpaired) electrons. The first kappa shape index (κ1) is 17.1. The molecule has 0 spiro atoms. The fourth-order valence-corrected chi connectivity index (χ4v) is 2.95. The van der Waals surface area contributed by atoms with E-state index in [1.165, 1.54) is 5.56 Å². The maximum Gasteiger partial charge on any atom is 0.212 e. The fraction of sp³-hybridized carbons (Fsp3) is 0.600. The molecule has 1 atom stereocenters. The molecule has 0 aromatic heterocycles. The summed E-state index contributed by atoms with van der Waals surface area (Å²) >= 11 is 0. The Hall–Kier alpha value is -0.910. The number of hydrogen-bond donors (Lipinski definition) is 2. The lowest BCUT2D eigenvalue weighted by Crippen LogP contribution is -2.33. The minimum Gasteiger partial charge on any atom is -0.316 e. The summed E-state index contributed by atoms with van der Waals surface area (Å²) in [7, 11) is -3.15. The standard InChI is InChI=1S/C15H26N2O2S/c1-3-10-16-12-13-20(18,19)17-11-9-14(2)15-7-5-4-6-8-15/h4-8,14,16-17H,3,9-13H2,1-2H3. The minimum absolute atomic E-state index is 0.146. The molecule has 0 heterocycles. The van der Waals surface area contributed by atoms with Crippen LogP contribution in [0.2, 0.25) is 0 Å². The summed E-state index contributed by atoms with van der Waals surface area (Å²) in [6.07, 6.45) is 1.83. The quantitative estimate of drug-likeness (QED) is 0.650. The first-order valence-electron chi connectivity index (χ1n) is 7.28. The number of nitrogens with one attached hydrogen (secondary N) is 2. The first-order chi connectivity index (χ1) is 9.55. The third-order valence-corrected chi connectivity index (χ3v) is 4.63. The highest BCUT2D eigenvalue weighted by Gasteiger charge is 2.10. The van der Waals surface area contributed by atoms with E-state index in [1.54, 1.807) is 0 Å².